The number of fused-ring (bicyclic) bond motifs is 6. The molecule has 1 aromatic carbocycles. The number of nitrogens with zero attached hydrogens (tertiary/aromatic N) is 5. The highest BCUT2D eigenvalue weighted by molar-refractivity contribution is 7.19. The number of hydrogen-bond donors (Lipinski definition) is 1. The molecule has 1 unspecified atom stereocenters. The number of hydrogen-bond acceptors (Lipinski definition) is 7. The van der Waals surface area contributed by atoms with Crippen LogP contribution in [0.15, 0.2) is 36.9 Å². The highest BCUT2D eigenvalue weighted by Crippen LogP contribution is 2.59. The zero-order valence-electron chi connectivity index (χ0n) is 16.1. The van der Waals surface area contributed by atoms with Gasteiger partial charge >= 0.3 is 0 Å². The van der Waals surface area contributed by atoms with Gasteiger partial charge in [0.05, 0.1) is 17.5 Å². The number of nitrogens with one attached hydrogen (secondary N) is 1. The third-order valence-electron chi connectivity index (χ3n) is 5.67. The Balaban J connectivity index is 1.43. The lowest BCUT2D eigenvalue weighted by Gasteiger charge is -2.26. The Kier molecular flexibility index (Phi) is 4.04. The summed E-state index contributed by atoms with van der Waals surface area (Å²) < 4.78 is 6.84. The van der Waals surface area contributed by atoms with Crippen molar-refractivity contribution in [1.82, 2.24) is 24.7 Å². The number of rotatable bonds is 5. The Morgan fingerprint density at radius 2 is 2.27 bits per heavy atom. The predicted molar refractivity (Wildman–Crippen MR) is 118 cm³/mol. The Morgan fingerprint density at radius 1 is 1.33 bits per heavy atom. The van der Waals surface area contributed by atoms with Crippen molar-refractivity contribution in [3.05, 3.63) is 58.0 Å². The second-order valence-corrected chi connectivity index (χ2v) is 8.78. The second kappa shape index (κ2) is 6.78. The van der Waals surface area contributed by atoms with E-state index in [1.165, 1.54) is 28.8 Å². The maximum Gasteiger partial charge on any atom is 0.255 e. The fraction of sp³-hybridized carbons (Fsp3) is 0.238. The van der Waals surface area contributed by atoms with Gasteiger partial charge in [0, 0.05) is 22.9 Å². The molecular formula is C21H17ClN6OS. The molecular weight excluding hydrogens is 420 g/mol. The lowest BCUT2D eigenvalue weighted by atomic mass is 9.80. The van der Waals surface area contributed by atoms with Crippen molar-refractivity contribution in [2.45, 2.75) is 25.3 Å². The molecule has 0 fully saturated rings. The first-order valence-corrected chi connectivity index (χ1v) is 10.9. The van der Waals surface area contributed by atoms with E-state index in [2.05, 4.69) is 21.5 Å². The van der Waals surface area contributed by atoms with Crippen LogP contribution in [0.3, 0.4) is 0 Å². The summed E-state index contributed by atoms with van der Waals surface area (Å²) in [6.07, 6.45) is 7.80. The molecule has 2 aliphatic carbocycles. The molecule has 6 rings (SSSR count). The van der Waals surface area contributed by atoms with Crippen LogP contribution in [0, 0.1) is 0 Å². The molecule has 0 radical (unpaired) electrons. The molecule has 3 aromatic heterocycles. The minimum absolute atomic E-state index is 0.510. The van der Waals surface area contributed by atoms with Gasteiger partial charge in [-0.15, -0.1) is 11.3 Å². The highest BCUT2D eigenvalue weighted by Gasteiger charge is 2.39. The van der Waals surface area contributed by atoms with Crippen molar-refractivity contribution in [3.8, 4) is 11.7 Å². The Labute approximate surface area is 181 Å². The number of anilines is 1. The van der Waals surface area contributed by atoms with Crippen molar-refractivity contribution in [1.29, 1.82) is 0 Å². The third kappa shape index (κ3) is 2.64. The van der Waals surface area contributed by atoms with E-state index in [0.29, 0.717) is 29.2 Å². The van der Waals surface area contributed by atoms with Gasteiger partial charge in [-0.25, -0.2) is 4.98 Å². The summed E-state index contributed by atoms with van der Waals surface area (Å²) in [4.78, 5) is 16.0. The Hall–Kier alpha value is -2.97. The van der Waals surface area contributed by atoms with Crippen LogP contribution < -0.4 is 10.1 Å². The summed E-state index contributed by atoms with van der Waals surface area (Å²) >= 11 is 8.06. The lowest BCUT2D eigenvalue weighted by molar-refractivity contribution is 0.415. The maximum absolute atomic E-state index is 6.29. The quantitative estimate of drug-likeness (QED) is 0.483. The van der Waals surface area contributed by atoms with E-state index < -0.39 is 0 Å². The van der Waals surface area contributed by atoms with E-state index in [-0.39, 0.29) is 0 Å². The van der Waals surface area contributed by atoms with Crippen LogP contribution in [0.4, 0.5) is 5.82 Å². The SMILES string of the molecule is COc1ccc(CNc2nc(-n3cncn3)nc3sc4c(c23)C2=CCCC24)cc1Cl. The van der Waals surface area contributed by atoms with E-state index >= 15 is 0 Å². The van der Waals surface area contributed by atoms with Crippen LogP contribution in [0.1, 0.15) is 34.8 Å². The fourth-order valence-electron chi connectivity index (χ4n) is 4.26. The van der Waals surface area contributed by atoms with Crippen LogP contribution >= 0.6 is 22.9 Å². The summed E-state index contributed by atoms with van der Waals surface area (Å²) in [5, 5.41) is 9.40. The molecule has 9 heteroatoms. The summed E-state index contributed by atoms with van der Waals surface area (Å²) in [5.74, 6) is 2.55. The highest BCUT2D eigenvalue weighted by atomic mass is 35.5. The number of aromatic nitrogens is 5. The summed E-state index contributed by atoms with van der Waals surface area (Å²) in [5.41, 5.74) is 3.81. The van der Waals surface area contributed by atoms with E-state index in [0.717, 1.165) is 28.0 Å². The summed E-state index contributed by atoms with van der Waals surface area (Å²) in [7, 11) is 1.61. The van der Waals surface area contributed by atoms with Crippen molar-refractivity contribution in [2.75, 3.05) is 12.4 Å². The number of ether oxygens (including phenoxy) is 1. The number of halogens is 1. The molecule has 2 aliphatic rings. The largest absolute Gasteiger partial charge is 0.495 e. The number of benzene rings is 1. The monoisotopic (exact) mass is 436 g/mol. The van der Waals surface area contributed by atoms with Crippen LogP contribution in [0.5, 0.6) is 5.75 Å². The first kappa shape index (κ1) is 17.9. The first-order chi connectivity index (χ1) is 14.7. The summed E-state index contributed by atoms with van der Waals surface area (Å²) in [6, 6.07) is 5.78. The molecule has 4 aromatic rings. The zero-order chi connectivity index (χ0) is 20.2. The van der Waals surface area contributed by atoms with Gasteiger partial charge in [0.25, 0.3) is 5.95 Å². The summed E-state index contributed by atoms with van der Waals surface area (Å²) in [6.45, 7) is 0.583. The number of allylic oxidation sites excluding steroid dienone is 2. The minimum atomic E-state index is 0.510. The van der Waals surface area contributed by atoms with Crippen molar-refractivity contribution < 1.29 is 4.74 Å². The molecule has 0 saturated carbocycles. The first-order valence-electron chi connectivity index (χ1n) is 9.69. The van der Waals surface area contributed by atoms with Crippen molar-refractivity contribution in [2.24, 2.45) is 0 Å². The van der Waals surface area contributed by atoms with Crippen molar-refractivity contribution >= 4 is 44.5 Å². The number of thiophene rings is 1. The van der Waals surface area contributed by atoms with Crippen LogP contribution in [-0.2, 0) is 6.54 Å². The molecule has 0 aliphatic heterocycles. The van der Waals surface area contributed by atoms with Gasteiger partial charge in [0.15, 0.2) is 0 Å². The fourth-order valence-corrected chi connectivity index (χ4v) is 5.89. The Bertz CT molecular complexity index is 1310. The smallest absolute Gasteiger partial charge is 0.255 e. The molecule has 1 N–H and O–H groups in total. The molecule has 0 amide bonds. The van der Waals surface area contributed by atoms with Gasteiger partial charge in [-0.05, 0) is 36.1 Å². The standard InChI is InChI=1S/C21H17ClN6OS/c1-29-15-6-5-11(7-14(15)22)8-24-19-17-16-12-3-2-4-13(12)18(16)30-20(17)27-21(26-19)28-10-23-9-25-28/h3,5-7,9-10,13H,2,4,8H2,1H3,(H,24,26,27). The van der Waals surface area contributed by atoms with Crippen LogP contribution in [0.2, 0.25) is 5.02 Å². The average Bonchev–Trinajstić information content (AvgIpc) is 3.47. The molecule has 0 spiro atoms. The van der Waals surface area contributed by atoms with Gasteiger partial charge in [0.1, 0.15) is 29.1 Å². The Morgan fingerprint density at radius 3 is 3.07 bits per heavy atom. The molecule has 1 atom stereocenters. The van der Waals surface area contributed by atoms with Gasteiger partial charge in [-0.3, -0.25) is 0 Å². The molecule has 3 heterocycles. The van der Waals surface area contributed by atoms with Crippen LogP contribution in [-0.4, -0.2) is 31.8 Å². The second-order valence-electron chi connectivity index (χ2n) is 7.35. The zero-order valence-corrected chi connectivity index (χ0v) is 17.7. The van der Waals surface area contributed by atoms with Crippen molar-refractivity contribution in [3.63, 3.8) is 0 Å². The normalized spacial score (nSPS) is 16.7. The third-order valence-corrected chi connectivity index (χ3v) is 7.16. The van der Waals surface area contributed by atoms with Gasteiger partial charge in [-0.2, -0.15) is 19.7 Å². The van der Waals surface area contributed by atoms with Crippen LogP contribution in [0.25, 0.3) is 21.7 Å². The maximum atomic E-state index is 6.29. The number of methoxy groups -OCH3 is 1. The topological polar surface area (TPSA) is 77.8 Å². The molecule has 0 bridgehead atoms. The molecule has 7 nitrogen and oxygen atoms in total. The minimum Gasteiger partial charge on any atom is -0.495 e. The van der Waals surface area contributed by atoms with Gasteiger partial charge < -0.3 is 10.1 Å². The van der Waals surface area contributed by atoms with E-state index in [1.54, 1.807) is 29.5 Å². The molecule has 30 heavy (non-hydrogen) atoms. The average molecular weight is 437 g/mol. The van der Waals surface area contributed by atoms with E-state index in [1.807, 2.05) is 18.2 Å². The van der Waals surface area contributed by atoms with E-state index in [4.69, 9.17) is 26.3 Å². The van der Waals surface area contributed by atoms with Gasteiger partial charge in [-0.1, -0.05) is 23.7 Å². The van der Waals surface area contributed by atoms with Gasteiger partial charge in [0.2, 0.25) is 0 Å². The van der Waals surface area contributed by atoms with E-state index in [9.17, 15) is 0 Å². The predicted octanol–water partition coefficient (Wildman–Crippen LogP) is 4.82. The lowest BCUT2D eigenvalue weighted by Crippen LogP contribution is -2.11. The molecule has 150 valence electrons. The molecule has 0 saturated heterocycles.